The van der Waals surface area contributed by atoms with E-state index in [1.165, 1.54) is 22.6 Å². The zero-order valence-electron chi connectivity index (χ0n) is 17.8. The Morgan fingerprint density at radius 2 is 1.72 bits per heavy atom. The van der Waals surface area contributed by atoms with E-state index in [1.54, 1.807) is 12.5 Å². The first-order valence-electron chi connectivity index (χ1n) is 11.1. The molecule has 2 aromatic heterocycles. The molecular weight excluding hydrogens is 416 g/mol. The van der Waals surface area contributed by atoms with Gasteiger partial charge in [-0.3, -0.25) is 10.1 Å². The molecule has 162 valence electrons. The number of H-pyrrole nitrogens is 1. The van der Waals surface area contributed by atoms with Crippen LogP contribution in [0.15, 0.2) is 78.2 Å². The highest BCUT2D eigenvalue weighted by Gasteiger charge is 2.20. The second-order valence-electron chi connectivity index (χ2n) is 7.97. The Labute approximate surface area is 192 Å². The Bertz CT molecular complexity index is 1140. The zero-order valence-corrected chi connectivity index (χ0v) is 18.6. The Morgan fingerprint density at radius 1 is 0.969 bits per heavy atom. The molecule has 4 aromatic rings. The van der Waals surface area contributed by atoms with E-state index >= 15 is 0 Å². The number of nitrogens with zero attached hydrogens (tertiary/aromatic N) is 4. The first-order valence-corrected chi connectivity index (χ1v) is 12.1. The number of fused-ring (bicyclic) bond motifs is 1. The van der Waals surface area contributed by atoms with Crippen molar-refractivity contribution in [3.8, 4) is 0 Å². The van der Waals surface area contributed by atoms with E-state index in [-0.39, 0.29) is 6.17 Å². The molecule has 3 heterocycles. The number of hydrogen-bond donors (Lipinski definition) is 2. The highest BCUT2D eigenvalue weighted by atomic mass is 32.2. The summed E-state index contributed by atoms with van der Waals surface area (Å²) in [7, 11) is 0. The van der Waals surface area contributed by atoms with Crippen molar-refractivity contribution in [2.75, 3.05) is 11.1 Å². The van der Waals surface area contributed by atoms with Crippen molar-refractivity contribution in [2.45, 2.75) is 37.8 Å². The molecule has 2 aromatic carbocycles. The van der Waals surface area contributed by atoms with Crippen LogP contribution in [0.4, 0.5) is 5.82 Å². The summed E-state index contributed by atoms with van der Waals surface area (Å²) in [4.78, 5) is 13.4. The molecule has 0 radical (unpaired) electrons. The molecule has 0 amide bonds. The predicted molar refractivity (Wildman–Crippen MR) is 132 cm³/mol. The van der Waals surface area contributed by atoms with Crippen molar-refractivity contribution in [3.05, 3.63) is 84.3 Å². The van der Waals surface area contributed by atoms with Crippen molar-refractivity contribution in [1.82, 2.24) is 20.2 Å². The smallest absolute Gasteiger partial charge is 0.160 e. The highest BCUT2D eigenvalue weighted by Crippen LogP contribution is 2.31. The largest absolute Gasteiger partial charge is 0.347 e. The van der Waals surface area contributed by atoms with Crippen LogP contribution in [0.25, 0.3) is 11.0 Å². The van der Waals surface area contributed by atoms with Gasteiger partial charge in [0.25, 0.3) is 0 Å². The summed E-state index contributed by atoms with van der Waals surface area (Å²) in [5.41, 5.74) is 3.53. The van der Waals surface area contributed by atoms with Gasteiger partial charge >= 0.3 is 0 Å². The minimum Gasteiger partial charge on any atom is -0.347 e. The third-order valence-corrected chi connectivity index (χ3v) is 6.92. The molecule has 32 heavy (non-hydrogen) atoms. The van der Waals surface area contributed by atoms with Crippen LogP contribution in [0.2, 0.25) is 0 Å². The number of aliphatic imine (C=N–C) groups is 1. The lowest BCUT2D eigenvalue weighted by molar-refractivity contribution is 0.638. The van der Waals surface area contributed by atoms with Crippen LogP contribution in [0.3, 0.4) is 0 Å². The number of thioether (sulfide) groups is 1. The van der Waals surface area contributed by atoms with E-state index in [1.807, 2.05) is 11.8 Å². The van der Waals surface area contributed by atoms with Gasteiger partial charge in [-0.1, -0.05) is 67.1 Å². The van der Waals surface area contributed by atoms with Crippen LogP contribution >= 0.6 is 11.8 Å². The lowest BCUT2D eigenvalue weighted by Crippen LogP contribution is -2.17. The fraction of sp³-hybridized carbons (Fsp3) is 0.280. The van der Waals surface area contributed by atoms with Crippen molar-refractivity contribution >= 4 is 33.7 Å². The first-order chi connectivity index (χ1) is 15.9. The first kappa shape index (κ1) is 20.7. The van der Waals surface area contributed by atoms with Gasteiger partial charge in [-0.2, -0.15) is 5.10 Å². The van der Waals surface area contributed by atoms with Crippen molar-refractivity contribution < 1.29 is 0 Å². The van der Waals surface area contributed by atoms with Crippen LogP contribution in [0.5, 0.6) is 0 Å². The molecule has 1 aliphatic rings. The fourth-order valence-corrected chi connectivity index (χ4v) is 5.19. The van der Waals surface area contributed by atoms with Crippen LogP contribution in [-0.4, -0.2) is 37.1 Å². The Hall–Kier alpha value is -3.19. The highest BCUT2D eigenvalue weighted by molar-refractivity contribution is 8.14. The number of hydrogen-bond acceptors (Lipinski definition) is 6. The number of nitrogens with one attached hydrogen (secondary N) is 2. The number of aromatic nitrogens is 4. The topological polar surface area (TPSA) is 78.9 Å². The summed E-state index contributed by atoms with van der Waals surface area (Å²) in [5, 5.41) is 12.5. The van der Waals surface area contributed by atoms with Crippen LogP contribution in [-0.2, 0) is 0 Å². The lowest BCUT2D eigenvalue weighted by atomic mass is 9.87. The van der Waals surface area contributed by atoms with Gasteiger partial charge in [0.15, 0.2) is 5.65 Å². The maximum Gasteiger partial charge on any atom is 0.160 e. The summed E-state index contributed by atoms with van der Waals surface area (Å²) in [6, 6.07) is 21.7. The number of benzene rings is 2. The van der Waals surface area contributed by atoms with E-state index in [0.717, 1.165) is 41.9 Å². The Balaban J connectivity index is 1.16. The average molecular weight is 443 g/mol. The van der Waals surface area contributed by atoms with Crippen LogP contribution in [0, 0.1) is 0 Å². The number of unbranched alkanes of at least 4 members (excludes halogenated alkanes) is 1. The van der Waals surface area contributed by atoms with E-state index in [0.29, 0.717) is 5.92 Å². The standard InChI is InChI=1S/C25H26N6S/c1-3-9-18(10-4-1)20(19-11-5-2-6-12-19)13-7-8-14-23-29-22(16-32-23)30-24-21-15-28-31-25(21)27-17-26-24/h1-6,9-12,15,17,20,22H,7-8,13-14,16H2,(H2,26,27,28,30,31). The average Bonchev–Trinajstić information content (AvgIpc) is 3.50. The lowest BCUT2D eigenvalue weighted by Gasteiger charge is -2.18. The van der Waals surface area contributed by atoms with Crippen molar-refractivity contribution in [1.29, 1.82) is 0 Å². The van der Waals surface area contributed by atoms with Gasteiger partial charge in [0.2, 0.25) is 0 Å². The predicted octanol–water partition coefficient (Wildman–Crippen LogP) is 5.63. The summed E-state index contributed by atoms with van der Waals surface area (Å²) < 4.78 is 0. The third-order valence-electron chi connectivity index (χ3n) is 5.80. The van der Waals surface area contributed by atoms with Gasteiger partial charge in [-0.05, 0) is 30.4 Å². The van der Waals surface area contributed by atoms with Gasteiger partial charge in [-0.15, -0.1) is 11.8 Å². The number of rotatable bonds is 9. The monoisotopic (exact) mass is 442 g/mol. The molecule has 1 atom stereocenters. The molecular formula is C25H26N6S. The molecule has 5 rings (SSSR count). The molecule has 7 heteroatoms. The third kappa shape index (κ3) is 4.83. The van der Waals surface area contributed by atoms with E-state index in [9.17, 15) is 0 Å². The van der Waals surface area contributed by atoms with Gasteiger partial charge in [0, 0.05) is 11.7 Å². The number of anilines is 1. The Morgan fingerprint density at radius 3 is 2.47 bits per heavy atom. The van der Waals surface area contributed by atoms with E-state index < -0.39 is 0 Å². The summed E-state index contributed by atoms with van der Waals surface area (Å²) in [5.74, 6) is 2.16. The maximum absolute atomic E-state index is 4.88. The number of aromatic amines is 1. The summed E-state index contributed by atoms with van der Waals surface area (Å²) in [6.45, 7) is 0. The minimum absolute atomic E-state index is 0.0457. The summed E-state index contributed by atoms with van der Waals surface area (Å²) >= 11 is 1.85. The second-order valence-corrected chi connectivity index (χ2v) is 9.06. The zero-order chi connectivity index (χ0) is 21.6. The quantitative estimate of drug-likeness (QED) is 0.329. The van der Waals surface area contributed by atoms with Gasteiger partial charge in [0.05, 0.1) is 16.6 Å². The SMILES string of the molecule is c1ccc(C(CCCCC2=NC(Nc3ncnc4[nH]ncc34)CS2)c2ccccc2)cc1. The van der Waals surface area contributed by atoms with Crippen LogP contribution < -0.4 is 5.32 Å². The fourth-order valence-electron chi connectivity index (χ4n) is 4.19. The van der Waals surface area contributed by atoms with Crippen LogP contribution in [0.1, 0.15) is 42.7 Å². The summed E-state index contributed by atoms with van der Waals surface area (Å²) in [6.07, 6.45) is 7.84. The van der Waals surface area contributed by atoms with Gasteiger partial charge in [-0.25, -0.2) is 9.97 Å². The molecule has 1 unspecified atom stereocenters. The second kappa shape index (κ2) is 9.96. The molecule has 0 saturated heterocycles. The van der Waals surface area contributed by atoms with E-state index in [2.05, 4.69) is 86.1 Å². The molecule has 0 aliphatic carbocycles. The molecule has 0 fully saturated rings. The molecule has 2 N–H and O–H groups in total. The molecule has 0 spiro atoms. The molecule has 0 saturated carbocycles. The normalized spacial score (nSPS) is 15.9. The van der Waals surface area contributed by atoms with Crippen molar-refractivity contribution in [3.63, 3.8) is 0 Å². The van der Waals surface area contributed by atoms with Crippen molar-refractivity contribution in [2.24, 2.45) is 4.99 Å². The molecule has 1 aliphatic heterocycles. The molecule has 0 bridgehead atoms. The Kier molecular flexibility index (Phi) is 6.44. The molecule has 6 nitrogen and oxygen atoms in total. The van der Waals surface area contributed by atoms with Gasteiger partial charge < -0.3 is 5.32 Å². The van der Waals surface area contributed by atoms with Gasteiger partial charge in [0.1, 0.15) is 18.3 Å². The van der Waals surface area contributed by atoms with E-state index in [4.69, 9.17) is 4.99 Å². The maximum atomic E-state index is 4.88. The minimum atomic E-state index is 0.0457.